The standard InChI is InChI=1S/C22H22O3/c23-20(14-21-18-8-4-5-9-19(18)22(24)25-21)17-12-10-16(11-13-17)15-6-2-1-3-7-15/h4-5,8-13,15,21H,1-3,6-7,14H2. The molecular weight excluding hydrogens is 312 g/mol. The van der Waals surface area contributed by atoms with Crippen LogP contribution < -0.4 is 0 Å². The van der Waals surface area contributed by atoms with Gasteiger partial charge >= 0.3 is 5.97 Å². The van der Waals surface area contributed by atoms with Crippen LogP contribution in [0.25, 0.3) is 0 Å². The van der Waals surface area contributed by atoms with Gasteiger partial charge in [-0.2, -0.15) is 0 Å². The smallest absolute Gasteiger partial charge is 0.339 e. The predicted molar refractivity (Wildman–Crippen MR) is 95.8 cm³/mol. The van der Waals surface area contributed by atoms with Gasteiger partial charge in [0.2, 0.25) is 0 Å². The summed E-state index contributed by atoms with van der Waals surface area (Å²) in [6, 6.07) is 15.3. The van der Waals surface area contributed by atoms with Gasteiger partial charge in [-0.1, -0.05) is 61.7 Å². The third-order valence-corrected chi connectivity index (χ3v) is 5.46. The summed E-state index contributed by atoms with van der Waals surface area (Å²) in [6.45, 7) is 0. The highest BCUT2D eigenvalue weighted by atomic mass is 16.5. The first-order chi connectivity index (χ1) is 12.2. The lowest BCUT2D eigenvalue weighted by atomic mass is 9.84. The Bertz CT molecular complexity index is 785. The highest BCUT2D eigenvalue weighted by Crippen LogP contribution is 2.35. The first-order valence-corrected chi connectivity index (χ1v) is 9.15. The van der Waals surface area contributed by atoms with E-state index in [4.69, 9.17) is 4.74 Å². The average Bonchev–Trinajstić information content (AvgIpc) is 2.98. The second-order valence-electron chi connectivity index (χ2n) is 7.07. The minimum Gasteiger partial charge on any atom is -0.453 e. The van der Waals surface area contributed by atoms with Gasteiger partial charge in [-0.25, -0.2) is 4.79 Å². The maximum Gasteiger partial charge on any atom is 0.339 e. The molecule has 1 unspecified atom stereocenters. The summed E-state index contributed by atoms with van der Waals surface area (Å²) in [5.74, 6) is 0.325. The van der Waals surface area contributed by atoms with Crippen molar-refractivity contribution in [3.63, 3.8) is 0 Å². The molecule has 2 aromatic carbocycles. The molecule has 0 N–H and O–H groups in total. The molecule has 128 valence electrons. The van der Waals surface area contributed by atoms with Crippen LogP contribution in [0.5, 0.6) is 0 Å². The monoisotopic (exact) mass is 334 g/mol. The van der Waals surface area contributed by atoms with Crippen LogP contribution in [0.1, 0.15) is 82.4 Å². The second-order valence-corrected chi connectivity index (χ2v) is 7.07. The molecule has 4 rings (SSSR count). The fourth-order valence-electron chi connectivity index (χ4n) is 4.03. The van der Waals surface area contributed by atoms with Gasteiger partial charge in [0.15, 0.2) is 5.78 Å². The SMILES string of the molecule is O=C(CC1OC(=O)c2ccccc21)c1ccc(C2CCCCC2)cc1. The zero-order valence-corrected chi connectivity index (χ0v) is 14.2. The van der Waals surface area contributed by atoms with Crippen molar-refractivity contribution < 1.29 is 14.3 Å². The van der Waals surface area contributed by atoms with E-state index >= 15 is 0 Å². The Hall–Kier alpha value is -2.42. The topological polar surface area (TPSA) is 43.4 Å². The van der Waals surface area contributed by atoms with E-state index in [-0.39, 0.29) is 18.2 Å². The zero-order chi connectivity index (χ0) is 17.2. The Morgan fingerprint density at radius 3 is 2.44 bits per heavy atom. The molecule has 0 bridgehead atoms. The summed E-state index contributed by atoms with van der Waals surface area (Å²) in [5.41, 5.74) is 3.43. The number of ether oxygens (including phenoxy) is 1. The maximum absolute atomic E-state index is 12.6. The van der Waals surface area contributed by atoms with Crippen LogP contribution in [0.3, 0.4) is 0 Å². The van der Waals surface area contributed by atoms with E-state index in [2.05, 4.69) is 12.1 Å². The summed E-state index contributed by atoms with van der Waals surface area (Å²) in [4.78, 5) is 24.5. The molecule has 0 radical (unpaired) electrons. The van der Waals surface area contributed by atoms with Crippen molar-refractivity contribution in [3.8, 4) is 0 Å². The van der Waals surface area contributed by atoms with E-state index in [1.807, 2.05) is 30.3 Å². The van der Waals surface area contributed by atoms with Gasteiger partial charge in [-0.3, -0.25) is 4.79 Å². The van der Waals surface area contributed by atoms with Crippen molar-refractivity contribution in [1.82, 2.24) is 0 Å². The summed E-state index contributed by atoms with van der Waals surface area (Å²) in [5, 5.41) is 0. The van der Waals surface area contributed by atoms with Gasteiger partial charge in [-0.05, 0) is 30.4 Å². The van der Waals surface area contributed by atoms with Gasteiger partial charge in [0.1, 0.15) is 6.10 Å². The first kappa shape index (κ1) is 16.1. The number of esters is 1. The van der Waals surface area contributed by atoms with Crippen LogP contribution >= 0.6 is 0 Å². The number of carbonyl (C=O) groups excluding carboxylic acids is 2. The number of hydrogen-bond donors (Lipinski definition) is 0. The maximum atomic E-state index is 12.6. The number of cyclic esters (lactones) is 1. The molecule has 1 fully saturated rings. The summed E-state index contributed by atoms with van der Waals surface area (Å²) < 4.78 is 5.38. The normalized spacial score (nSPS) is 20.2. The lowest BCUT2D eigenvalue weighted by Gasteiger charge is -2.22. The summed E-state index contributed by atoms with van der Waals surface area (Å²) in [6.07, 6.45) is 6.19. The predicted octanol–water partition coefficient (Wildman–Crippen LogP) is 5.22. The van der Waals surface area contributed by atoms with E-state index in [1.54, 1.807) is 6.07 Å². The van der Waals surface area contributed by atoms with Gasteiger partial charge in [0, 0.05) is 11.1 Å². The third-order valence-electron chi connectivity index (χ3n) is 5.46. The van der Waals surface area contributed by atoms with Crippen LogP contribution in [0.4, 0.5) is 0 Å². The van der Waals surface area contributed by atoms with Crippen molar-refractivity contribution in [2.24, 2.45) is 0 Å². The highest BCUT2D eigenvalue weighted by molar-refractivity contribution is 5.99. The van der Waals surface area contributed by atoms with Crippen molar-refractivity contribution >= 4 is 11.8 Å². The van der Waals surface area contributed by atoms with Gasteiger partial charge in [-0.15, -0.1) is 0 Å². The highest BCUT2D eigenvalue weighted by Gasteiger charge is 2.32. The Balaban J connectivity index is 1.46. The molecule has 1 aliphatic heterocycles. The lowest BCUT2D eigenvalue weighted by molar-refractivity contribution is 0.0367. The molecule has 0 aromatic heterocycles. The fourth-order valence-corrected chi connectivity index (χ4v) is 4.03. The molecule has 0 amide bonds. The quantitative estimate of drug-likeness (QED) is 0.569. The molecule has 25 heavy (non-hydrogen) atoms. The summed E-state index contributed by atoms with van der Waals surface area (Å²) in [7, 11) is 0. The van der Waals surface area contributed by atoms with E-state index in [1.165, 1.54) is 37.7 Å². The molecule has 0 saturated heterocycles. The van der Waals surface area contributed by atoms with Crippen LogP contribution in [-0.2, 0) is 4.74 Å². The molecule has 1 heterocycles. The number of benzene rings is 2. The molecule has 3 nitrogen and oxygen atoms in total. The average molecular weight is 334 g/mol. The molecule has 2 aromatic rings. The van der Waals surface area contributed by atoms with E-state index in [9.17, 15) is 9.59 Å². The Morgan fingerprint density at radius 2 is 1.68 bits per heavy atom. The second kappa shape index (κ2) is 6.83. The number of hydrogen-bond acceptors (Lipinski definition) is 3. The van der Waals surface area contributed by atoms with Gasteiger partial charge in [0.05, 0.1) is 12.0 Å². The van der Waals surface area contributed by atoms with E-state index in [0.717, 1.165) is 5.56 Å². The van der Waals surface area contributed by atoms with E-state index in [0.29, 0.717) is 17.0 Å². The molecule has 1 aliphatic carbocycles. The number of carbonyl (C=O) groups is 2. The minimum absolute atomic E-state index is 0.0182. The minimum atomic E-state index is -0.464. The molecule has 0 spiro atoms. The van der Waals surface area contributed by atoms with Gasteiger partial charge < -0.3 is 4.74 Å². The zero-order valence-electron chi connectivity index (χ0n) is 14.2. The number of ketones is 1. The fraction of sp³-hybridized carbons (Fsp3) is 0.364. The summed E-state index contributed by atoms with van der Waals surface area (Å²) >= 11 is 0. The van der Waals surface area contributed by atoms with Crippen LogP contribution in [0.15, 0.2) is 48.5 Å². The van der Waals surface area contributed by atoms with Crippen molar-refractivity contribution in [2.45, 2.75) is 50.5 Å². The molecule has 1 atom stereocenters. The molecule has 3 heteroatoms. The first-order valence-electron chi connectivity index (χ1n) is 9.15. The number of rotatable bonds is 4. The largest absolute Gasteiger partial charge is 0.453 e. The van der Waals surface area contributed by atoms with Crippen molar-refractivity contribution in [1.29, 1.82) is 0 Å². The van der Waals surface area contributed by atoms with E-state index < -0.39 is 6.10 Å². The van der Waals surface area contributed by atoms with Crippen LogP contribution in [-0.4, -0.2) is 11.8 Å². The third kappa shape index (κ3) is 3.23. The molecule has 1 saturated carbocycles. The van der Waals surface area contributed by atoms with Crippen LogP contribution in [0.2, 0.25) is 0 Å². The van der Waals surface area contributed by atoms with Crippen LogP contribution in [0, 0.1) is 0 Å². The van der Waals surface area contributed by atoms with Crippen molar-refractivity contribution in [2.75, 3.05) is 0 Å². The number of fused-ring (bicyclic) bond motifs is 1. The van der Waals surface area contributed by atoms with Crippen molar-refractivity contribution in [3.05, 3.63) is 70.8 Å². The Labute approximate surface area is 148 Å². The Kier molecular flexibility index (Phi) is 4.39. The Morgan fingerprint density at radius 1 is 0.960 bits per heavy atom. The number of Topliss-reactive ketones (excluding diaryl/α,β-unsaturated/α-hetero) is 1. The molecule has 2 aliphatic rings. The van der Waals surface area contributed by atoms with Gasteiger partial charge in [0.25, 0.3) is 0 Å². The molecular formula is C22H22O3. The lowest BCUT2D eigenvalue weighted by Crippen LogP contribution is -2.09.